The minimum Gasteiger partial charge on any atom is -0.494 e. The molecule has 0 fully saturated rings. The van der Waals surface area contributed by atoms with Gasteiger partial charge in [0, 0.05) is 18.1 Å². The van der Waals surface area contributed by atoms with E-state index < -0.39 is 5.82 Å². The van der Waals surface area contributed by atoms with Crippen LogP contribution in [-0.2, 0) is 17.6 Å². The van der Waals surface area contributed by atoms with Crippen molar-refractivity contribution < 1.29 is 23.4 Å². The summed E-state index contributed by atoms with van der Waals surface area (Å²) in [5.41, 5.74) is 2.18. The van der Waals surface area contributed by atoms with E-state index in [0.717, 1.165) is 17.7 Å². The minimum absolute atomic E-state index is 0.0425. The molecule has 1 aliphatic heterocycles. The van der Waals surface area contributed by atoms with Crippen LogP contribution in [0.25, 0.3) is 0 Å². The molecule has 0 bridgehead atoms. The van der Waals surface area contributed by atoms with E-state index >= 15 is 0 Å². The molecule has 0 saturated heterocycles. The summed E-state index contributed by atoms with van der Waals surface area (Å²) in [5.74, 6) is 0.761. The van der Waals surface area contributed by atoms with Crippen molar-refractivity contribution in [3.05, 3.63) is 47.3 Å². The average Bonchev–Trinajstić information content (AvgIpc) is 2.94. The number of benzene rings is 2. The Balaban J connectivity index is 1.76. The van der Waals surface area contributed by atoms with Gasteiger partial charge in [-0.15, -0.1) is 0 Å². The van der Waals surface area contributed by atoms with Crippen molar-refractivity contribution in [2.24, 2.45) is 0 Å². The molecule has 0 saturated carbocycles. The monoisotopic (exact) mass is 359 g/mol. The molecular weight excluding hydrogens is 337 g/mol. The number of hydrogen-bond acceptors (Lipinski definition) is 4. The van der Waals surface area contributed by atoms with Crippen LogP contribution in [0.3, 0.4) is 0 Å². The van der Waals surface area contributed by atoms with Crippen molar-refractivity contribution in [2.75, 3.05) is 19.0 Å². The molecule has 5 nitrogen and oxygen atoms in total. The first-order valence-electron chi connectivity index (χ1n) is 8.58. The number of halogens is 1. The summed E-state index contributed by atoms with van der Waals surface area (Å²) in [5, 5.41) is 2.84. The molecule has 2 aromatic rings. The largest absolute Gasteiger partial charge is 0.494 e. The van der Waals surface area contributed by atoms with E-state index in [1.807, 2.05) is 19.9 Å². The zero-order valence-electron chi connectivity index (χ0n) is 15.1. The van der Waals surface area contributed by atoms with Gasteiger partial charge in [0.2, 0.25) is 5.91 Å². The smallest absolute Gasteiger partial charge is 0.228 e. The molecule has 1 aliphatic rings. The summed E-state index contributed by atoms with van der Waals surface area (Å²) in [6.07, 6.45) is 0.961. The Kier molecular flexibility index (Phi) is 5.30. The quantitative estimate of drug-likeness (QED) is 0.854. The Labute approximate surface area is 152 Å². The predicted octanol–water partition coefficient (Wildman–Crippen LogP) is 3.74. The Hall–Kier alpha value is -2.76. The molecular formula is C20H22FNO4. The summed E-state index contributed by atoms with van der Waals surface area (Å²) in [6.45, 7) is 4.37. The van der Waals surface area contributed by atoms with E-state index in [1.165, 1.54) is 19.2 Å². The van der Waals surface area contributed by atoms with Crippen molar-refractivity contribution in [3.63, 3.8) is 0 Å². The van der Waals surface area contributed by atoms with Crippen LogP contribution in [0.2, 0.25) is 0 Å². The van der Waals surface area contributed by atoms with Gasteiger partial charge >= 0.3 is 0 Å². The zero-order chi connectivity index (χ0) is 18.7. The average molecular weight is 359 g/mol. The molecule has 0 aliphatic carbocycles. The molecule has 1 atom stereocenters. The van der Waals surface area contributed by atoms with Crippen LogP contribution in [0.15, 0.2) is 30.3 Å². The molecule has 1 amide bonds. The summed E-state index contributed by atoms with van der Waals surface area (Å²) in [6, 6.07) is 8.17. The van der Waals surface area contributed by atoms with Gasteiger partial charge in [-0.3, -0.25) is 4.79 Å². The lowest BCUT2D eigenvalue weighted by Crippen LogP contribution is -2.15. The third-order valence-corrected chi connectivity index (χ3v) is 4.15. The van der Waals surface area contributed by atoms with Gasteiger partial charge in [-0.25, -0.2) is 4.39 Å². The van der Waals surface area contributed by atoms with Crippen LogP contribution in [0.1, 0.15) is 25.0 Å². The summed E-state index contributed by atoms with van der Waals surface area (Å²) in [4.78, 5) is 12.4. The second kappa shape index (κ2) is 7.64. The maximum absolute atomic E-state index is 13.8. The number of hydrogen-bond donors (Lipinski definition) is 1. The lowest BCUT2D eigenvalue weighted by Gasteiger charge is -2.14. The van der Waals surface area contributed by atoms with Gasteiger partial charge in [0.15, 0.2) is 11.6 Å². The molecule has 1 N–H and O–H groups in total. The van der Waals surface area contributed by atoms with E-state index in [0.29, 0.717) is 23.6 Å². The summed E-state index contributed by atoms with van der Waals surface area (Å²) in [7, 11) is 1.40. The second-order valence-electron chi connectivity index (χ2n) is 6.22. The Bertz CT molecular complexity index is 822. The van der Waals surface area contributed by atoms with Gasteiger partial charge in [-0.05, 0) is 37.6 Å². The molecule has 3 rings (SSSR count). The van der Waals surface area contributed by atoms with E-state index in [1.54, 1.807) is 12.1 Å². The highest BCUT2D eigenvalue weighted by Gasteiger charge is 2.22. The van der Waals surface area contributed by atoms with Gasteiger partial charge in [-0.1, -0.05) is 6.07 Å². The van der Waals surface area contributed by atoms with Gasteiger partial charge in [0.05, 0.1) is 25.8 Å². The van der Waals surface area contributed by atoms with Crippen LogP contribution in [0.4, 0.5) is 10.1 Å². The Morgan fingerprint density at radius 1 is 1.31 bits per heavy atom. The van der Waals surface area contributed by atoms with Crippen LogP contribution < -0.4 is 19.5 Å². The first-order valence-corrected chi connectivity index (χ1v) is 8.58. The van der Waals surface area contributed by atoms with Crippen molar-refractivity contribution in [1.29, 1.82) is 0 Å². The summed E-state index contributed by atoms with van der Waals surface area (Å²) < 4.78 is 30.1. The molecule has 0 unspecified atom stereocenters. The highest BCUT2D eigenvalue weighted by Crippen LogP contribution is 2.38. The van der Waals surface area contributed by atoms with Gasteiger partial charge in [0.1, 0.15) is 17.6 Å². The van der Waals surface area contributed by atoms with Crippen LogP contribution in [0, 0.1) is 5.82 Å². The van der Waals surface area contributed by atoms with E-state index in [4.69, 9.17) is 14.2 Å². The number of nitrogens with one attached hydrogen (secondary N) is 1. The molecule has 6 heteroatoms. The number of anilines is 1. The lowest BCUT2D eigenvalue weighted by molar-refractivity contribution is -0.115. The normalized spacial score (nSPS) is 15.2. The molecule has 0 radical (unpaired) electrons. The number of carbonyl (C=O) groups excluding carboxylic acids is 1. The highest BCUT2D eigenvalue weighted by atomic mass is 19.1. The molecule has 0 aromatic heterocycles. The van der Waals surface area contributed by atoms with Crippen molar-refractivity contribution in [3.8, 4) is 17.2 Å². The van der Waals surface area contributed by atoms with Crippen molar-refractivity contribution in [2.45, 2.75) is 32.8 Å². The number of amides is 1. The third kappa shape index (κ3) is 3.90. The highest BCUT2D eigenvalue weighted by molar-refractivity contribution is 5.94. The van der Waals surface area contributed by atoms with Crippen LogP contribution in [0.5, 0.6) is 17.2 Å². The lowest BCUT2D eigenvalue weighted by atomic mass is 10.1. The van der Waals surface area contributed by atoms with E-state index in [2.05, 4.69) is 5.32 Å². The van der Waals surface area contributed by atoms with Crippen LogP contribution in [-0.4, -0.2) is 25.7 Å². The van der Waals surface area contributed by atoms with Crippen LogP contribution >= 0.6 is 0 Å². The number of fused-ring (bicyclic) bond motifs is 1. The Morgan fingerprint density at radius 2 is 2.12 bits per heavy atom. The van der Waals surface area contributed by atoms with Gasteiger partial charge in [0.25, 0.3) is 0 Å². The minimum atomic E-state index is -0.493. The maximum atomic E-state index is 13.8. The number of methoxy groups -OCH3 is 1. The summed E-state index contributed by atoms with van der Waals surface area (Å²) >= 11 is 0. The number of ether oxygens (including phenoxy) is 3. The molecule has 26 heavy (non-hydrogen) atoms. The fraction of sp³-hybridized carbons (Fsp3) is 0.350. The van der Waals surface area contributed by atoms with Gasteiger partial charge < -0.3 is 19.5 Å². The molecule has 138 valence electrons. The second-order valence-corrected chi connectivity index (χ2v) is 6.22. The Morgan fingerprint density at radius 3 is 2.81 bits per heavy atom. The molecule has 0 spiro atoms. The third-order valence-electron chi connectivity index (χ3n) is 4.15. The zero-order valence-corrected chi connectivity index (χ0v) is 15.1. The maximum Gasteiger partial charge on any atom is 0.228 e. The predicted molar refractivity (Wildman–Crippen MR) is 96.7 cm³/mol. The fourth-order valence-corrected chi connectivity index (χ4v) is 3.01. The van der Waals surface area contributed by atoms with Crippen molar-refractivity contribution >= 4 is 11.6 Å². The number of carbonyl (C=O) groups is 1. The van der Waals surface area contributed by atoms with E-state index in [-0.39, 0.29) is 24.2 Å². The topological polar surface area (TPSA) is 56.8 Å². The standard InChI is InChI=1S/C20H22FNO4/c1-4-25-19-10-14-7-12(2)26-18(14)11-16(19)22-20(23)9-13-5-6-17(24-3)15(21)8-13/h5-6,8,10-12H,4,7,9H2,1-3H3,(H,22,23)/t12-/m0/s1. The number of rotatable bonds is 6. The van der Waals surface area contributed by atoms with E-state index in [9.17, 15) is 9.18 Å². The van der Waals surface area contributed by atoms with Crippen molar-refractivity contribution in [1.82, 2.24) is 0 Å². The first-order chi connectivity index (χ1) is 12.5. The fourth-order valence-electron chi connectivity index (χ4n) is 3.01. The SMILES string of the molecule is CCOc1cc2c(cc1NC(=O)Cc1ccc(OC)c(F)c1)O[C@@H](C)C2. The first kappa shape index (κ1) is 18.0. The molecule has 1 heterocycles. The van der Waals surface area contributed by atoms with Gasteiger partial charge in [-0.2, -0.15) is 0 Å². The molecule has 2 aromatic carbocycles.